The molecule has 0 heterocycles. The maximum Gasteiger partial charge on any atom is 0.225 e. The Bertz CT molecular complexity index is 251. The van der Waals surface area contributed by atoms with Crippen LogP contribution in [-0.2, 0) is 4.79 Å². The summed E-state index contributed by atoms with van der Waals surface area (Å²) in [6.07, 6.45) is 5.09. The molecule has 1 aliphatic rings. The molecule has 0 radical (unpaired) electrons. The summed E-state index contributed by atoms with van der Waals surface area (Å²) in [5.74, 6) is 0.935. The van der Waals surface area contributed by atoms with Gasteiger partial charge in [0.1, 0.15) is 0 Å². The molecule has 3 unspecified atom stereocenters. The molecule has 0 aliphatic heterocycles. The average Bonchev–Trinajstić information content (AvgIpc) is 2.32. The van der Waals surface area contributed by atoms with Crippen LogP contribution in [0.4, 0.5) is 0 Å². The summed E-state index contributed by atoms with van der Waals surface area (Å²) in [5, 5.41) is 0. The second-order valence-corrected chi connectivity index (χ2v) is 5.58. The van der Waals surface area contributed by atoms with Crippen molar-refractivity contribution in [2.45, 2.75) is 65.0 Å². The molecule has 0 saturated heterocycles. The van der Waals surface area contributed by atoms with Crippen molar-refractivity contribution in [1.82, 2.24) is 4.90 Å². The van der Waals surface area contributed by atoms with Gasteiger partial charge < -0.3 is 10.6 Å². The first-order valence-electron chi connectivity index (χ1n) is 7.03. The summed E-state index contributed by atoms with van der Waals surface area (Å²) in [6, 6.07) is 0.600. The van der Waals surface area contributed by atoms with Gasteiger partial charge in [0.2, 0.25) is 5.91 Å². The average molecular weight is 240 g/mol. The SMILES string of the molecule is CCC(CC)N(C)C(=O)C1CC(N)CCC1C. The monoisotopic (exact) mass is 240 g/mol. The quantitative estimate of drug-likeness (QED) is 0.820. The molecule has 1 fully saturated rings. The molecule has 3 atom stereocenters. The number of amides is 1. The van der Waals surface area contributed by atoms with Gasteiger partial charge in [0.05, 0.1) is 0 Å². The van der Waals surface area contributed by atoms with E-state index in [1.807, 2.05) is 11.9 Å². The van der Waals surface area contributed by atoms with Gasteiger partial charge in [0.25, 0.3) is 0 Å². The first-order chi connectivity index (χ1) is 8.01. The largest absolute Gasteiger partial charge is 0.343 e. The maximum absolute atomic E-state index is 12.5. The standard InChI is InChI=1S/C14H28N2O/c1-5-12(6-2)16(4)14(17)13-9-11(15)8-7-10(13)3/h10-13H,5-9,15H2,1-4H3. The molecule has 1 rings (SSSR count). The molecule has 0 spiro atoms. The van der Waals surface area contributed by atoms with Gasteiger partial charge in [-0.25, -0.2) is 0 Å². The summed E-state index contributed by atoms with van der Waals surface area (Å²) < 4.78 is 0. The number of carbonyl (C=O) groups is 1. The normalized spacial score (nSPS) is 29.4. The Hall–Kier alpha value is -0.570. The number of nitrogens with zero attached hydrogens (tertiary/aromatic N) is 1. The number of hydrogen-bond acceptors (Lipinski definition) is 2. The lowest BCUT2D eigenvalue weighted by atomic mass is 9.77. The molecule has 0 aromatic heterocycles. The van der Waals surface area contributed by atoms with Gasteiger partial charge >= 0.3 is 0 Å². The Labute approximate surface area is 106 Å². The Morgan fingerprint density at radius 3 is 2.47 bits per heavy atom. The van der Waals surface area contributed by atoms with Crippen LogP contribution in [0.15, 0.2) is 0 Å². The van der Waals surface area contributed by atoms with Crippen molar-refractivity contribution in [3.8, 4) is 0 Å². The predicted octanol–water partition coefficient (Wildman–Crippen LogP) is 2.40. The molecule has 3 nitrogen and oxygen atoms in total. The number of carbonyl (C=O) groups excluding carboxylic acids is 1. The molecule has 1 aliphatic carbocycles. The van der Waals surface area contributed by atoms with E-state index in [9.17, 15) is 4.79 Å². The molecule has 0 aromatic rings. The minimum absolute atomic E-state index is 0.143. The molecular formula is C14H28N2O. The third-order valence-electron chi connectivity index (χ3n) is 4.39. The highest BCUT2D eigenvalue weighted by molar-refractivity contribution is 5.79. The zero-order valence-corrected chi connectivity index (χ0v) is 11.8. The molecule has 17 heavy (non-hydrogen) atoms. The molecule has 0 aromatic carbocycles. The van der Waals surface area contributed by atoms with Crippen LogP contribution in [0.5, 0.6) is 0 Å². The highest BCUT2D eigenvalue weighted by Gasteiger charge is 2.34. The predicted molar refractivity (Wildman–Crippen MR) is 71.6 cm³/mol. The van der Waals surface area contributed by atoms with Gasteiger partial charge in [-0.05, 0) is 38.0 Å². The minimum atomic E-state index is 0.143. The van der Waals surface area contributed by atoms with Crippen molar-refractivity contribution in [3.63, 3.8) is 0 Å². The van der Waals surface area contributed by atoms with E-state index in [0.717, 1.165) is 32.1 Å². The second-order valence-electron chi connectivity index (χ2n) is 5.58. The highest BCUT2D eigenvalue weighted by atomic mass is 16.2. The van der Waals surface area contributed by atoms with Crippen LogP contribution in [0.2, 0.25) is 0 Å². The zero-order chi connectivity index (χ0) is 13.0. The number of hydrogen-bond donors (Lipinski definition) is 1. The number of rotatable bonds is 4. The van der Waals surface area contributed by atoms with Crippen molar-refractivity contribution in [3.05, 3.63) is 0 Å². The van der Waals surface area contributed by atoms with Gasteiger partial charge in [-0.2, -0.15) is 0 Å². The van der Waals surface area contributed by atoms with Crippen molar-refractivity contribution in [2.75, 3.05) is 7.05 Å². The van der Waals surface area contributed by atoms with Crippen molar-refractivity contribution >= 4 is 5.91 Å². The van der Waals surface area contributed by atoms with E-state index < -0.39 is 0 Å². The van der Waals surface area contributed by atoms with Crippen molar-refractivity contribution in [1.29, 1.82) is 0 Å². The van der Waals surface area contributed by atoms with Crippen LogP contribution in [0.25, 0.3) is 0 Å². The van der Waals surface area contributed by atoms with Crippen LogP contribution in [0.3, 0.4) is 0 Å². The summed E-state index contributed by atoms with van der Waals surface area (Å²) >= 11 is 0. The lowest BCUT2D eigenvalue weighted by Gasteiger charge is -2.36. The molecule has 0 bridgehead atoms. The summed E-state index contributed by atoms with van der Waals surface area (Å²) in [6.45, 7) is 6.48. The van der Waals surface area contributed by atoms with Gasteiger partial charge in [-0.1, -0.05) is 20.8 Å². The van der Waals surface area contributed by atoms with Crippen LogP contribution < -0.4 is 5.73 Å². The Morgan fingerprint density at radius 2 is 1.94 bits per heavy atom. The van der Waals surface area contributed by atoms with Crippen LogP contribution in [0, 0.1) is 11.8 Å². The Balaban J connectivity index is 2.66. The van der Waals surface area contributed by atoms with E-state index in [-0.39, 0.29) is 12.0 Å². The van der Waals surface area contributed by atoms with E-state index in [0.29, 0.717) is 17.9 Å². The Kier molecular flexibility index (Phi) is 5.44. The van der Waals surface area contributed by atoms with Gasteiger partial charge in [-0.15, -0.1) is 0 Å². The van der Waals surface area contributed by atoms with Gasteiger partial charge in [0, 0.05) is 25.0 Å². The lowest BCUT2D eigenvalue weighted by molar-refractivity contribution is -0.139. The lowest BCUT2D eigenvalue weighted by Crippen LogP contribution is -2.45. The topological polar surface area (TPSA) is 46.3 Å². The fourth-order valence-corrected chi connectivity index (χ4v) is 2.98. The van der Waals surface area contributed by atoms with E-state index in [4.69, 9.17) is 5.73 Å². The summed E-state index contributed by atoms with van der Waals surface area (Å²) in [5.41, 5.74) is 6.00. The molecular weight excluding hydrogens is 212 g/mol. The smallest absolute Gasteiger partial charge is 0.225 e. The van der Waals surface area contributed by atoms with Gasteiger partial charge in [-0.3, -0.25) is 4.79 Å². The van der Waals surface area contributed by atoms with E-state index in [2.05, 4.69) is 20.8 Å². The van der Waals surface area contributed by atoms with Crippen LogP contribution in [-0.4, -0.2) is 29.9 Å². The van der Waals surface area contributed by atoms with Crippen LogP contribution in [0.1, 0.15) is 52.9 Å². The maximum atomic E-state index is 12.5. The number of nitrogens with two attached hydrogens (primary N) is 1. The molecule has 3 heteroatoms. The van der Waals surface area contributed by atoms with E-state index in [1.165, 1.54) is 0 Å². The Morgan fingerprint density at radius 1 is 1.35 bits per heavy atom. The third-order valence-corrected chi connectivity index (χ3v) is 4.39. The summed E-state index contributed by atoms with van der Waals surface area (Å²) in [7, 11) is 1.95. The van der Waals surface area contributed by atoms with Gasteiger partial charge in [0.15, 0.2) is 0 Å². The first-order valence-corrected chi connectivity index (χ1v) is 7.03. The van der Waals surface area contributed by atoms with Crippen molar-refractivity contribution in [2.24, 2.45) is 17.6 Å². The molecule has 100 valence electrons. The molecule has 1 amide bonds. The fraction of sp³-hybridized carbons (Fsp3) is 0.929. The first kappa shape index (κ1) is 14.5. The molecule has 1 saturated carbocycles. The fourth-order valence-electron chi connectivity index (χ4n) is 2.98. The third kappa shape index (κ3) is 3.44. The van der Waals surface area contributed by atoms with Crippen LogP contribution >= 0.6 is 0 Å². The highest BCUT2D eigenvalue weighted by Crippen LogP contribution is 2.31. The zero-order valence-electron chi connectivity index (χ0n) is 11.8. The van der Waals surface area contributed by atoms with Crippen molar-refractivity contribution < 1.29 is 4.79 Å². The summed E-state index contributed by atoms with van der Waals surface area (Å²) in [4.78, 5) is 14.4. The van der Waals surface area contributed by atoms with E-state index in [1.54, 1.807) is 0 Å². The second kappa shape index (κ2) is 6.39. The molecule has 2 N–H and O–H groups in total. The minimum Gasteiger partial charge on any atom is -0.343 e. The van der Waals surface area contributed by atoms with E-state index >= 15 is 0 Å².